The van der Waals surface area contributed by atoms with Crippen LogP contribution in [-0.4, -0.2) is 37.3 Å². The number of aryl methyl sites for hydroxylation is 1. The number of phenols is 2. The van der Waals surface area contributed by atoms with Gasteiger partial charge in [0, 0.05) is 17.3 Å². The van der Waals surface area contributed by atoms with Gasteiger partial charge in [0.25, 0.3) is 5.91 Å². The number of carbonyl (C=O) groups is 2. The lowest BCUT2D eigenvalue weighted by Gasteiger charge is -2.22. The Balaban J connectivity index is 1.80. The SMILES string of the molecule is Cc1ccccc1NC(=O)C(C)N1C(=O)/C(=C/c2ccc(O)cc2O)SC1=S. The van der Waals surface area contributed by atoms with E-state index >= 15 is 0 Å². The molecule has 1 heterocycles. The van der Waals surface area contributed by atoms with E-state index in [4.69, 9.17) is 12.2 Å². The van der Waals surface area contributed by atoms with Crippen molar-refractivity contribution in [1.82, 2.24) is 4.90 Å². The van der Waals surface area contributed by atoms with E-state index in [1.807, 2.05) is 25.1 Å². The molecule has 0 bridgehead atoms. The van der Waals surface area contributed by atoms with Crippen molar-refractivity contribution in [3.63, 3.8) is 0 Å². The fourth-order valence-electron chi connectivity index (χ4n) is 2.68. The first-order chi connectivity index (χ1) is 13.3. The van der Waals surface area contributed by atoms with Crippen LogP contribution in [0.2, 0.25) is 0 Å². The van der Waals surface area contributed by atoms with Crippen LogP contribution in [-0.2, 0) is 9.59 Å². The van der Waals surface area contributed by atoms with E-state index in [2.05, 4.69) is 5.32 Å². The van der Waals surface area contributed by atoms with Gasteiger partial charge >= 0.3 is 0 Å². The number of para-hydroxylation sites is 1. The van der Waals surface area contributed by atoms with Crippen LogP contribution in [0.4, 0.5) is 5.69 Å². The lowest BCUT2D eigenvalue weighted by molar-refractivity contribution is -0.129. The molecule has 2 aromatic carbocycles. The fourth-order valence-corrected chi connectivity index (χ4v) is 4.09. The van der Waals surface area contributed by atoms with E-state index < -0.39 is 11.9 Å². The molecule has 2 aromatic rings. The van der Waals surface area contributed by atoms with Crippen LogP contribution in [0.25, 0.3) is 6.08 Å². The Morgan fingerprint density at radius 1 is 1.25 bits per heavy atom. The number of thioether (sulfide) groups is 1. The van der Waals surface area contributed by atoms with Crippen LogP contribution >= 0.6 is 24.0 Å². The van der Waals surface area contributed by atoms with E-state index in [0.717, 1.165) is 17.3 Å². The average Bonchev–Trinajstić information content (AvgIpc) is 2.92. The second-order valence-corrected chi connectivity index (χ2v) is 7.95. The molecule has 0 aromatic heterocycles. The van der Waals surface area contributed by atoms with Gasteiger partial charge in [-0.3, -0.25) is 14.5 Å². The van der Waals surface area contributed by atoms with Crippen molar-refractivity contribution >= 4 is 51.9 Å². The van der Waals surface area contributed by atoms with Crippen molar-refractivity contribution in [2.45, 2.75) is 19.9 Å². The Hall–Kier alpha value is -2.84. The highest BCUT2D eigenvalue weighted by molar-refractivity contribution is 8.26. The van der Waals surface area contributed by atoms with Gasteiger partial charge in [0.05, 0.1) is 4.91 Å². The molecule has 1 unspecified atom stereocenters. The smallest absolute Gasteiger partial charge is 0.266 e. The third-order valence-electron chi connectivity index (χ3n) is 4.29. The van der Waals surface area contributed by atoms with Crippen molar-refractivity contribution in [1.29, 1.82) is 0 Å². The van der Waals surface area contributed by atoms with Crippen LogP contribution in [0.3, 0.4) is 0 Å². The van der Waals surface area contributed by atoms with Crippen molar-refractivity contribution in [2.24, 2.45) is 0 Å². The monoisotopic (exact) mass is 414 g/mol. The second-order valence-electron chi connectivity index (χ2n) is 6.27. The summed E-state index contributed by atoms with van der Waals surface area (Å²) in [6.45, 7) is 3.49. The molecular weight excluding hydrogens is 396 g/mol. The summed E-state index contributed by atoms with van der Waals surface area (Å²) in [6, 6.07) is 10.6. The van der Waals surface area contributed by atoms with Gasteiger partial charge in [0.15, 0.2) is 0 Å². The number of phenolic OH excluding ortho intramolecular Hbond substituents is 2. The average molecular weight is 415 g/mol. The molecule has 1 aliphatic heterocycles. The number of nitrogens with one attached hydrogen (secondary N) is 1. The van der Waals surface area contributed by atoms with Gasteiger partial charge in [-0.05, 0) is 43.7 Å². The number of benzene rings is 2. The molecule has 6 nitrogen and oxygen atoms in total. The molecule has 1 fully saturated rings. The van der Waals surface area contributed by atoms with Crippen LogP contribution in [0, 0.1) is 6.92 Å². The third-order valence-corrected chi connectivity index (χ3v) is 5.62. The Labute approximate surface area is 171 Å². The molecule has 28 heavy (non-hydrogen) atoms. The molecule has 1 saturated heterocycles. The maximum absolute atomic E-state index is 12.8. The van der Waals surface area contributed by atoms with Gasteiger partial charge in [0.1, 0.15) is 21.9 Å². The van der Waals surface area contributed by atoms with Gasteiger partial charge in [-0.1, -0.05) is 42.2 Å². The van der Waals surface area contributed by atoms with Crippen molar-refractivity contribution in [3.8, 4) is 11.5 Å². The van der Waals surface area contributed by atoms with Crippen LogP contribution < -0.4 is 5.32 Å². The summed E-state index contributed by atoms with van der Waals surface area (Å²) in [4.78, 5) is 27.0. The molecule has 2 amide bonds. The van der Waals surface area contributed by atoms with Crippen LogP contribution in [0.5, 0.6) is 11.5 Å². The Morgan fingerprint density at radius 2 is 1.96 bits per heavy atom. The van der Waals surface area contributed by atoms with E-state index in [1.165, 1.54) is 29.2 Å². The Bertz CT molecular complexity index is 1000. The maximum Gasteiger partial charge on any atom is 0.266 e. The normalized spacial score (nSPS) is 16.5. The number of nitrogens with zero attached hydrogens (tertiary/aromatic N) is 1. The quantitative estimate of drug-likeness (QED) is 0.523. The highest BCUT2D eigenvalue weighted by atomic mass is 32.2. The molecular formula is C20H18N2O4S2. The number of hydrogen-bond donors (Lipinski definition) is 3. The highest BCUT2D eigenvalue weighted by Gasteiger charge is 2.38. The summed E-state index contributed by atoms with van der Waals surface area (Å²) in [6.07, 6.45) is 1.49. The first kappa shape index (κ1) is 19.9. The van der Waals surface area contributed by atoms with E-state index in [9.17, 15) is 19.8 Å². The minimum Gasteiger partial charge on any atom is -0.508 e. The van der Waals surface area contributed by atoms with Crippen LogP contribution in [0.15, 0.2) is 47.4 Å². The zero-order valence-electron chi connectivity index (χ0n) is 15.2. The van der Waals surface area contributed by atoms with Gasteiger partial charge < -0.3 is 15.5 Å². The number of amides is 2. The van der Waals surface area contributed by atoms with Crippen molar-refractivity contribution in [2.75, 3.05) is 5.32 Å². The standard InChI is InChI=1S/C20H18N2O4S2/c1-11-5-3-4-6-15(11)21-18(25)12(2)22-19(26)17(28-20(22)27)9-13-7-8-14(23)10-16(13)24/h3-10,12,23-24H,1-2H3,(H,21,25)/b17-9-. The number of rotatable bonds is 4. The summed E-state index contributed by atoms with van der Waals surface area (Å²) in [7, 11) is 0. The molecule has 3 N–H and O–H groups in total. The lowest BCUT2D eigenvalue weighted by atomic mass is 10.1. The first-order valence-corrected chi connectivity index (χ1v) is 9.66. The summed E-state index contributed by atoms with van der Waals surface area (Å²) in [5, 5.41) is 22.1. The molecule has 0 radical (unpaired) electrons. The lowest BCUT2D eigenvalue weighted by Crippen LogP contribution is -2.44. The fraction of sp³-hybridized carbons (Fsp3) is 0.150. The summed E-state index contributed by atoms with van der Waals surface area (Å²) in [5.74, 6) is -0.992. The predicted molar refractivity (Wildman–Crippen MR) is 114 cm³/mol. The molecule has 1 atom stereocenters. The number of carbonyl (C=O) groups excluding carboxylic acids is 2. The van der Waals surface area contributed by atoms with Crippen LogP contribution in [0.1, 0.15) is 18.1 Å². The van der Waals surface area contributed by atoms with Gasteiger partial charge in [-0.25, -0.2) is 0 Å². The molecule has 8 heteroatoms. The molecule has 0 saturated carbocycles. The second kappa shape index (κ2) is 8.04. The van der Waals surface area contributed by atoms with Gasteiger partial charge in [0.2, 0.25) is 5.91 Å². The minimum absolute atomic E-state index is 0.0799. The summed E-state index contributed by atoms with van der Waals surface area (Å²) < 4.78 is 0.266. The van der Waals surface area contributed by atoms with Gasteiger partial charge in [-0.2, -0.15) is 0 Å². The van der Waals surface area contributed by atoms with Crippen molar-refractivity contribution < 1.29 is 19.8 Å². The largest absolute Gasteiger partial charge is 0.508 e. The van der Waals surface area contributed by atoms with Crippen molar-refractivity contribution in [3.05, 3.63) is 58.5 Å². The van der Waals surface area contributed by atoms with E-state index in [1.54, 1.807) is 13.0 Å². The topological polar surface area (TPSA) is 89.9 Å². The third kappa shape index (κ3) is 4.02. The molecule has 0 aliphatic carbocycles. The maximum atomic E-state index is 12.8. The number of thiocarbonyl (C=S) groups is 1. The van der Waals surface area contributed by atoms with Gasteiger partial charge in [-0.15, -0.1) is 0 Å². The van der Waals surface area contributed by atoms with E-state index in [-0.39, 0.29) is 21.7 Å². The molecule has 144 valence electrons. The molecule has 0 spiro atoms. The zero-order chi connectivity index (χ0) is 20.4. The predicted octanol–water partition coefficient (Wildman–Crippen LogP) is 3.63. The first-order valence-electron chi connectivity index (χ1n) is 8.43. The zero-order valence-corrected chi connectivity index (χ0v) is 16.8. The number of aromatic hydroxyl groups is 2. The number of hydrogen-bond acceptors (Lipinski definition) is 6. The number of anilines is 1. The summed E-state index contributed by atoms with van der Waals surface area (Å²) in [5.41, 5.74) is 1.96. The Morgan fingerprint density at radius 3 is 2.64 bits per heavy atom. The molecule has 3 rings (SSSR count). The highest BCUT2D eigenvalue weighted by Crippen LogP contribution is 2.36. The Kier molecular flexibility index (Phi) is 5.71. The van der Waals surface area contributed by atoms with E-state index in [0.29, 0.717) is 16.2 Å². The molecule has 1 aliphatic rings. The summed E-state index contributed by atoms with van der Waals surface area (Å²) >= 11 is 6.36. The minimum atomic E-state index is -0.800.